The Labute approximate surface area is 184 Å². The molecule has 0 spiro atoms. The number of hydrogen-bond donors (Lipinski definition) is 1. The number of halogens is 1. The van der Waals surface area contributed by atoms with Crippen LogP contribution in [0.1, 0.15) is 30.0 Å². The quantitative estimate of drug-likeness (QED) is 0.334. The monoisotopic (exact) mass is 437 g/mol. The van der Waals surface area contributed by atoms with Gasteiger partial charge in [0.15, 0.2) is 0 Å². The van der Waals surface area contributed by atoms with Crippen LogP contribution >= 0.6 is 11.6 Å². The molecule has 1 aliphatic rings. The van der Waals surface area contributed by atoms with E-state index in [-0.39, 0.29) is 11.3 Å². The second kappa shape index (κ2) is 8.32. The van der Waals surface area contributed by atoms with Gasteiger partial charge in [0.1, 0.15) is 29.1 Å². The van der Waals surface area contributed by atoms with Gasteiger partial charge in [0.25, 0.3) is 11.7 Å². The summed E-state index contributed by atoms with van der Waals surface area (Å²) in [7, 11) is 0. The zero-order valence-corrected chi connectivity index (χ0v) is 17.7. The number of rotatable bonds is 5. The van der Waals surface area contributed by atoms with Gasteiger partial charge in [-0.05, 0) is 62.4 Å². The second-order valence-corrected chi connectivity index (χ2v) is 7.49. The Hall–Kier alpha value is -3.51. The zero-order valence-electron chi connectivity index (χ0n) is 17.0. The number of Topliss-reactive ketones (excluding diaryl/α,β-unsaturated/α-hetero) is 1. The molecular weight excluding hydrogens is 418 g/mol. The van der Waals surface area contributed by atoms with E-state index in [1.165, 1.54) is 4.90 Å². The maximum atomic E-state index is 13.1. The predicted molar refractivity (Wildman–Crippen MR) is 117 cm³/mol. The summed E-state index contributed by atoms with van der Waals surface area (Å²) in [4.78, 5) is 27.5. The highest BCUT2D eigenvalue weighted by atomic mass is 35.5. The van der Waals surface area contributed by atoms with Gasteiger partial charge in [-0.15, -0.1) is 0 Å². The third kappa shape index (κ3) is 3.82. The number of carbonyl (C=O) groups excluding carboxylic acids is 2. The van der Waals surface area contributed by atoms with E-state index < -0.39 is 17.7 Å². The van der Waals surface area contributed by atoms with E-state index in [9.17, 15) is 14.7 Å². The maximum Gasteiger partial charge on any atom is 0.300 e. The highest BCUT2D eigenvalue weighted by molar-refractivity contribution is 6.51. The molecule has 1 fully saturated rings. The molecule has 1 atom stereocenters. The number of aliphatic hydroxyl groups is 1. The number of benzene rings is 2. The van der Waals surface area contributed by atoms with E-state index in [0.717, 1.165) is 0 Å². The Morgan fingerprint density at radius 1 is 1.13 bits per heavy atom. The van der Waals surface area contributed by atoms with Gasteiger partial charge < -0.3 is 14.3 Å². The van der Waals surface area contributed by atoms with Crippen LogP contribution in [0, 0.1) is 6.92 Å². The van der Waals surface area contributed by atoms with Crippen LogP contribution in [0.2, 0.25) is 5.02 Å². The van der Waals surface area contributed by atoms with Crippen LogP contribution in [0.3, 0.4) is 0 Å². The van der Waals surface area contributed by atoms with Crippen molar-refractivity contribution >= 4 is 34.7 Å². The summed E-state index contributed by atoms with van der Waals surface area (Å²) in [5.74, 6) is -0.299. The summed E-state index contributed by atoms with van der Waals surface area (Å²) in [5, 5.41) is 11.5. The molecule has 2 heterocycles. The first kappa shape index (κ1) is 20.8. The van der Waals surface area contributed by atoms with Gasteiger partial charge in [0.05, 0.1) is 12.2 Å². The Bertz CT molecular complexity index is 1180. The second-order valence-electron chi connectivity index (χ2n) is 7.05. The number of amides is 1. The highest BCUT2D eigenvalue weighted by Crippen LogP contribution is 2.43. The molecule has 0 saturated carbocycles. The number of aliphatic hydroxyl groups excluding tert-OH is 1. The minimum atomic E-state index is -0.929. The lowest BCUT2D eigenvalue weighted by atomic mass is 9.99. The standard InChI is InChI=1S/C24H20ClNO5/c1-3-30-18-6-4-5-17(13-18)26-21(19-12-7-14(2)31-19)20(23(28)24(26)29)22(27)15-8-10-16(25)11-9-15/h4-13,21,27H,3H2,1-2H3/b22-20-. The molecule has 2 aromatic carbocycles. The Morgan fingerprint density at radius 2 is 1.87 bits per heavy atom. The van der Waals surface area contributed by atoms with Crippen molar-refractivity contribution in [1.29, 1.82) is 0 Å². The van der Waals surface area contributed by atoms with Gasteiger partial charge in [-0.25, -0.2) is 0 Å². The molecular formula is C24H20ClNO5. The molecule has 3 aromatic rings. The largest absolute Gasteiger partial charge is 0.507 e. The maximum absolute atomic E-state index is 13.1. The van der Waals surface area contributed by atoms with Crippen LogP contribution in [0.4, 0.5) is 5.69 Å². The minimum absolute atomic E-state index is 0.0523. The number of furan rings is 1. The van der Waals surface area contributed by atoms with Gasteiger partial charge in [0, 0.05) is 22.3 Å². The normalized spacial score (nSPS) is 17.9. The first-order valence-corrected chi connectivity index (χ1v) is 10.1. The molecule has 1 amide bonds. The van der Waals surface area contributed by atoms with Gasteiger partial charge in [-0.3, -0.25) is 14.5 Å². The fourth-order valence-electron chi connectivity index (χ4n) is 3.62. The van der Waals surface area contributed by atoms with Crippen molar-refractivity contribution in [3.63, 3.8) is 0 Å². The van der Waals surface area contributed by atoms with Crippen molar-refractivity contribution in [2.24, 2.45) is 0 Å². The molecule has 1 aliphatic heterocycles. The fraction of sp³-hybridized carbons (Fsp3) is 0.167. The van der Waals surface area contributed by atoms with Crippen LogP contribution in [0.15, 0.2) is 70.7 Å². The van der Waals surface area contributed by atoms with Gasteiger partial charge in [-0.1, -0.05) is 17.7 Å². The molecule has 0 bridgehead atoms. The summed E-state index contributed by atoms with van der Waals surface area (Å²) in [6.07, 6.45) is 0. The first-order valence-electron chi connectivity index (χ1n) is 9.77. The fourth-order valence-corrected chi connectivity index (χ4v) is 3.75. The third-order valence-electron chi connectivity index (χ3n) is 5.00. The van der Waals surface area contributed by atoms with Crippen molar-refractivity contribution in [1.82, 2.24) is 0 Å². The van der Waals surface area contributed by atoms with Crippen LogP contribution < -0.4 is 9.64 Å². The summed E-state index contributed by atoms with van der Waals surface area (Å²) in [5.41, 5.74) is 0.782. The molecule has 0 radical (unpaired) electrons. The molecule has 0 aliphatic carbocycles. The zero-order chi connectivity index (χ0) is 22.1. The third-order valence-corrected chi connectivity index (χ3v) is 5.25. The Morgan fingerprint density at radius 3 is 2.52 bits per heavy atom. The number of anilines is 1. The van der Waals surface area contributed by atoms with Crippen LogP contribution in [-0.2, 0) is 9.59 Å². The van der Waals surface area contributed by atoms with Crippen molar-refractivity contribution in [2.75, 3.05) is 11.5 Å². The van der Waals surface area contributed by atoms with E-state index in [4.69, 9.17) is 20.8 Å². The number of hydrogen-bond acceptors (Lipinski definition) is 5. The Kier molecular flexibility index (Phi) is 5.57. The SMILES string of the molecule is CCOc1cccc(N2C(=O)C(=O)/C(=C(\O)c3ccc(Cl)cc3)C2c2ccc(C)o2)c1. The average molecular weight is 438 g/mol. The van der Waals surface area contributed by atoms with Gasteiger partial charge in [-0.2, -0.15) is 0 Å². The molecule has 1 aromatic heterocycles. The van der Waals surface area contributed by atoms with Crippen LogP contribution in [0.25, 0.3) is 5.76 Å². The van der Waals surface area contributed by atoms with E-state index >= 15 is 0 Å². The first-order chi connectivity index (χ1) is 14.9. The number of carbonyl (C=O) groups is 2. The van der Waals surface area contributed by atoms with Gasteiger partial charge in [0.2, 0.25) is 0 Å². The minimum Gasteiger partial charge on any atom is -0.507 e. The van der Waals surface area contributed by atoms with Crippen molar-refractivity contribution < 1.29 is 23.8 Å². The lowest BCUT2D eigenvalue weighted by Gasteiger charge is -2.24. The van der Waals surface area contributed by atoms with E-state index in [1.54, 1.807) is 67.6 Å². The molecule has 1 saturated heterocycles. The summed E-state index contributed by atoms with van der Waals surface area (Å²) >= 11 is 5.95. The molecule has 31 heavy (non-hydrogen) atoms. The average Bonchev–Trinajstić information content (AvgIpc) is 3.29. The topological polar surface area (TPSA) is 80.0 Å². The highest BCUT2D eigenvalue weighted by Gasteiger charge is 2.48. The summed E-state index contributed by atoms with van der Waals surface area (Å²) in [6, 6.07) is 15.8. The molecule has 7 heteroatoms. The number of aryl methyl sites for hydroxylation is 1. The molecule has 158 valence electrons. The van der Waals surface area contributed by atoms with Crippen molar-refractivity contribution in [3.05, 3.63) is 88.3 Å². The molecule has 1 N–H and O–H groups in total. The lowest BCUT2D eigenvalue weighted by Crippen LogP contribution is -2.29. The van der Waals surface area contributed by atoms with Crippen molar-refractivity contribution in [3.8, 4) is 5.75 Å². The number of ketones is 1. The number of ether oxygens (including phenoxy) is 1. The van der Waals surface area contributed by atoms with E-state index in [0.29, 0.717) is 40.2 Å². The van der Waals surface area contributed by atoms with Crippen LogP contribution in [0.5, 0.6) is 5.75 Å². The summed E-state index contributed by atoms with van der Waals surface area (Å²) in [6.45, 7) is 4.08. The van der Waals surface area contributed by atoms with E-state index in [2.05, 4.69) is 0 Å². The predicted octanol–water partition coefficient (Wildman–Crippen LogP) is 5.27. The summed E-state index contributed by atoms with van der Waals surface area (Å²) < 4.78 is 11.3. The Balaban J connectivity index is 1.90. The molecule has 1 unspecified atom stereocenters. The van der Waals surface area contributed by atoms with Gasteiger partial charge >= 0.3 is 0 Å². The van der Waals surface area contributed by atoms with Crippen molar-refractivity contribution in [2.45, 2.75) is 19.9 Å². The van der Waals surface area contributed by atoms with E-state index in [1.807, 2.05) is 6.92 Å². The molecule has 6 nitrogen and oxygen atoms in total. The molecule has 4 rings (SSSR count). The lowest BCUT2D eigenvalue weighted by molar-refractivity contribution is -0.132. The number of nitrogens with zero attached hydrogens (tertiary/aromatic N) is 1. The van der Waals surface area contributed by atoms with Crippen LogP contribution in [-0.4, -0.2) is 23.4 Å². The smallest absolute Gasteiger partial charge is 0.300 e.